The number of benzene rings is 1. The average molecular weight is 463 g/mol. The second-order valence-corrected chi connectivity index (χ2v) is 9.75. The Balaban J connectivity index is 1.79. The average Bonchev–Trinajstić information content (AvgIpc) is 2.77. The number of hydrogen-bond acceptors (Lipinski definition) is 5. The molecule has 3 heterocycles. The second kappa shape index (κ2) is 8.99. The predicted molar refractivity (Wildman–Crippen MR) is 109 cm³/mol. The maximum Gasteiger partial charge on any atom is 0.260 e. The number of piperidine rings is 1. The summed E-state index contributed by atoms with van der Waals surface area (Å²) in [5.74, 6) is -5.62. The molecule has 1 aromatic carbocycles. The number of nitrogens with zero attached hydrogens (tertiary/aromatic N) is 1. The van der Waals surface area contributed by atoms with Crippen LogP contribution in [-0.2, 0) is 19.6 Å². The standard InChI is InChI=1S/C21H28F2N2O5S/c1-31(27,28)24-18-3-2-8-25-19(18)11-29-15-6-4-13(5-7-15)16-9-14(22)10-17(23)21(16)30-12-20(25)26/h9-10,13,15,18-19,24H,2-8,11-12H2,1H3/t13?,15?,18-,19?/m0/s1/i4D,5D,6D,13D/t4-,5+,6-,13?,15?,18-,19?. The van der Waals surface area contributed by atoms with E-state index >= 15 is 0 Å². The molecule has 3 unspecified atom stereocenters. The van der Waals surface area contributed by atoms with Gasteiger partial charge in [0, 0.05) is 29.7 Å². The lowest BCUT2D eigenvalue weighted by atomic mass is 9.82. The molecule has 5 rings (SSSR count). The Bertz CT molecular complexity index is 1100. The van der Waals surface area contributed by atoms with Crippen molar-refractivity contribution in [3.63, 3.8) is 0 Å². The summed E-state index contributed by atoms with van der Waals surface area (Å²) in [4.78, 5) is 14.5. The molecule has 3 aliphatic heterocycles. The molecule has 2 fully saturated rings. The molecule has 0 spiro atoms. The Labute approximate surface area is 186 Å². The van der Waals surface area contributed by atoms with Crippen molar-refractivity contribution in [2.75, 3.05) is 26.0 Å². The molecular formula is C21H28F2N2O5S. The maximum absolute atomic E-state index is 14.8. The fraction of sp³-hybridized carbons (Fsp3) is 0.667. The Hall–Kier alpha value is -1.78. The van der Waals surface area contributed by atoms with E-state index in [1.807, 2.05) is 0 Å². The van der Waals surface area contributed by atoms with Gasteiger partial charge in [0.2, 0.25) is 10.0 Å². The summed E-state index contributed by atoms with van der Waals surface area (Å²) in [6, 6.07) is -0.100. The minimum Gasteiger partial charge on any atom is -0.480 e. The SMILES string of the molecule is [2H][C@@H]1C2C[C@@H]([2H])C([2H])(c3cc(F)cc(F)c3OCC(=O)N3CCC[C@H](NS(C)(=O)=O)C3CO2)[C@H]1[2H]. The predicted octanol–water partition coefficient (Wildman–Crippen LogP) is 2.31. The monoisotopic (exact) mass is 462 g/mol. The van der Waals surface area contributed by atoms with Gasteiger partial charge in [-0.3, -0.25) is 4.79 Å². The Kier molecular flexibility index (Phi) is 5.15. The molecule has 172 valence electrons. The molecule has 1 N–H and O–H groups in total. The first kappa shape index (κ1) is 17.7. The summed E-state index contributed by atoms with van der Waals surface area (Å²) in [5, 5.41) is 0. The van der Waals surface area contributed by atoms with Gasteiger partial charge in [-0.2, -0.15) is 0 Å². The number of halogens is 2. The fourth-order valence-electron chi connectivity index (χ4n) is 4.27. The highest BCUT2D eigenvalue weighted by Gasteiger charge is 2.38. The van der Waals surface area contributed by atoms with Crippen LogP contribution in [0, 0.1) is 11.6 Å². The van der Waals surface area contributed by atoms with Crippen LogP contribution >= 0.6 is 0 Å². The number of carbonyl (C=O) groups is 1. The number of ether oxygens (including phenoxy) is 2. The molecule has 7 atom stereocenters. The van der Waals surface area contributed by atoms with Gasteiger partial charge < -0.3 is 14.4 Å². The molecule has 4 aliphatic rings. The van der Waals surface area contributed by atoms with E-state index in [1.54, 1.807) is 0 Å². The van der Waals surface area contributed by atoms with Crippen LogP contribution < -0.4 is 9.46 Å². The topological polar surface area (TPSA) is 84.9 Å². The summed E-state index contributed by atoms with van der Waals surface area (Å²) < 4.78 is 101. The van der Waals surface area contributed by atoms with Gasteiger partial charge >= 0.3 is 0 Å². The van der Waals surface area contributed by atoms with Crippen LogP contribution in [0.4, 0.5) is 8.78 Å². The lowest BCUT2D eigenvalue weighted by Gasteiger charge is -2.41. The van der Waals surface area contributed by atoms with Crippen molar-refractivity contribution in [3.8, 4) is 5.75 Å². The zero-order valence-corrected chi connectivity index (χ0v) is 17.8. The van der Waals surface area contributed by atoms with Crippen molar-refractivity contribution < 1.29 is 36.9 Å². The molecular weight excluding hydrogens is 430 g/mol. The third-order valence-electron chi connectivity index (χ3n) is 5.67. The van der Waals surface area contributed by atoms with Crippen molar-refractivity contribution in [2.24, 2.45) is 0 Å². The third kappa shape index (κ3) is 5.18. The van der Waals surface area contributed by atoms with E-state index in [4.69, 9.17) is 15.0 Å². The van der Waals surface area contributed by atoms with Crippen molar-refractivity contribution in [1.29, 1.82) is 0 Å². The van der Waals surface area contributed by atoms with Gasteiger partial charge in [-0.15, -0.1) is 0 Å². The molecule has 1 aromatic rings. The molecule has 0 radical (unpaired) electrons. The molecule has 7 nitrogen and oxygen atoms in total. The summed E-state index contributed by atoms with van der Waals surface area (Å²) in [6.45, 7) is -0.595. The number of nitrogens with one attached hydrogen (secondary N) is 1. The molecule has 0 aromatic heterocycles. The van der Waals surface area contributed by atoms with Gasteiger partial charge in [0.25, 0.3) is 5.91 Å². The third-order valence-corrected chi connectivity index (χ3v) is 6.40. The normalized spacial score (nSPS) is 41.1. The fourth-order valence-corrected chi connectivity index (χ4v) is 5.09. The van der Waals surface area contributed by atoms with Gasteiger partial charge in [0.1, 0.15) is 5.82 Å². The zero-order valence-electron chi connectivity index (χ0n) is 21.0. The number of fused-ring (bicyclic) bond motifs is 5. The highest BCUT2D eigenvalue weighted by molar-refractivity contribution is 7.88. The van der Waals surface area contributed by atoms with Crippen LogP contribution in [0.25, 0.3) is 0 Å². The number of sulfonamides is 1. The van der Waals surface area contributed by atoms with Gasteiger partial charge in [-0.05, 0) is 50.4 Å². The quantitative estimate of drug-likeness (QED) is 0.729. The van der Waals surface area contributed by atoms with Crippen LogP contribution in [-0.4, -0.2) is 63.4 Å². The van der Waals surface area contributed by atoms with E-state index in [0.717, 1.165) is 12.3 Å². The first-order valence-corrected chi connectivity index (χ1v) is 12.0. The highest BCUT2D eigenvalue weighted by Crippen LogP contribution is 2.40. The first-order valence-electron chi connectivity index (χ1n) is 12.3. The number of carbonyl (C=O) groups excluding carboxylic acids is 1. The number of rotatable bonds is 2. The van der Waals surface area contributed by atoms with Gasteiger partial charge in [0.05, 0.1) is 25.0 Å². The summed E-state index contributed by atoms with van der Waals surface area (Å²) in [7, 11) is -3.63. The van der Waals surface area contributed by atoms with Crippen LogP contribution in [0.5, 0.6) is 5.75 Å². The van der Waals surface area contributed by atoms with E-state index < -0.39 is 88.8 Å². The minimum absolute atomic E-state index is 0.167. The summed E-state index contributed by atoms with van der Waals surface area (Å²) in [5.41, 5.74) is -0.399. The largest absolute Gasteiger partial charge is 0.480 e. The minimum atomic E-state index is -3.63. The van der Waals surface area contributed by atoms with Crippen molar-refractivity contribution >= 4 is 15.9 Å². The van der Waals surface area contributed by atoms with Gasteiger partial charge in [-0.1, -0.05) is 0 Å². The summed E-state index contributed by atoms with van der Waals surface area (Å²) >= 11 is 0. The van der Waals surface area contributed by atoms with E-state index in [-0.39, 0.29) is 19.6 Å². The number of hydrogen-bond donors (Lipinski definition) is 1. The van der Waals surface area contributed by atoms with E-state index in [2.05, 4.69) is 4.72 Å². The molecule has 1 saturated heterocycles. The zero-order chi connectivity index (χ0) is 25.7. The van der Waals surface area contributed by atoms with Crippen molar-refractivity contribution in [3.05, 3.63) is 29.3 Å². The second-order valence-electron chi connectivity index (χ2n) is 7.97. The highest BCUT2D eigenvalue weighted by atomic mass is 32.2. The lowest BCUT2D eigenvalue weighted by Crippen LogP contribution is -2.59. The molecule has 2 bridgehead atoms. The molecule has 1 saturated carbocycles. The van der Waals surface area contributed by atoms with Crippen molar-refractivity contribution in [2.45, 2.75) is 62.5 Å². The molecule has 1 aliphatic carbocycles. The Morgan fingerprint density at radius 2 is 2.06 bits per heavy atom. The maximum atomic E-state index is 14.8. The Morgan fingerprint density at radius 1 is 1.26 bits per heavy atom. The van der Waals surface area contributed by atoms with Gasteiger partial charge in [-0.25, -0.2) is 21.9 Å². The molecule has 1 amide bonds. The Morgan fingerprint density at radius 3 is 2.84 bits per heavy atom. The number of amides is 1. The lowest BCUT2D eigenvalue weighted by molar-refractivity contribution is -0.140. The smallest absolute Gasteiger partial charge is 0.260 e. The van der Waals surface area contributed by atoms with E-state index in [9.17, 15) is 22.0 Å². The van der Waals surface area contributed by atoms with E-state index in [0.29, 0.717) is 18.9 Å². The van der Waals surface area contributed by atoms with Crippen LogP contribution in [0.2, 0.25) is 0 Å². The van der Waals surface area contributed by atoms with Crippen molar-refractivity contribution in [1.82, 2.24) is 9.62 Å². The van der Waals surface area contributed by atoms with Crippen LogP contribution in [0.15, 0.2) is 12.1 Å². The van der Waals surface area contributed by atoms with Crippen LogP contribution in [0.1, 0.15) is 55.4 Å². The van der Waals surface area contributed by atoms with Gasteiger partial charge in [0.15, 0.2) is 18.2 Å². The molecule has 31 heavy (non-hydrogen) atoms. The molecule has 10 heteroatoms. The first-order chi connectivity index (χ1) is 16.3. The van der Waals surface area contributed by atoms with Crippen LogP contribution in [0.3, 0.4) is 0 Å². The van der Waals surface area contributed by atoms with E-state index in [1.165, 1.54) is 4.90 Å². The summed E-state index contributed by atoms with van der Waals surface area (Å²) in [6.07, 6.45) is -3.58.